The largest absolute Gasteiger partial charge is 0.495 e. The Bertz CT molecular complexity index is 722. The van der Waals surface area contributed by atoms with Gasteiger partial charge in [0.1, 0.15) is 5.75 Å². The highest BCUT2D eigenvalue weighted by molar-refractivity contribution is 6.00. The van der Waals surface area contributed by atoms with Crippen molar-refractivity contribution in [1.29, 1.82) is 0 Å². The number of piperidine rings is 1. The van der Waals surface area contributed by atoms with Crippen molar-refractivity contribution in [3.8, 4) is 5.75 Å². The molecule has 1 aliphatic rings. The molecule has 0 bridgehead atoms. The fourth-order valence-electron chi connectivity index (χ4n) is 3.20. The van der Waals surface area contributed by atoms with Crippen LogP contribution in [0.15, 0.2) is 42.5 Å². The van der Waals surface area contributed by atoms with Gasteiger partial charge >= 0.3 is 6.03 Å². The normalized spacial score (nSPS) is 14.8. The van der Waals surface area contributed by atoms with Gasteiger partial charge in [0.15, 0.2) is 0 Å². The molecule has 1 saturated heterocycles. The second kappa shape index (κ2) is 8.03. The summed E-state index contributed by atoms with van der Waals surface area (Å²) in [5, 5.41) is 9.10. The number of methoxy groups -OCH3 is 1. The minimum atomic E-state index is -0.279. The Morgan fingerprint density at radius 3 is 2.48 bits per heavy atom. The molecule has 0 unspecified atom stereocenters. The summed E-state index contributed by atoms with van der Waals surface area (Å²) in [6.45, 7) is 4.12. The number of benzene rings is 2. The number of aryl methyl sites for hydroxylation is 1. The van der Waals surface area contributed by atoms with Gasteiger partial charge in [0.05, 0.1) is 12.8 Å². The van der Waals surface area contributed by atoms with Gasteiger partial charge in [0.25, 0.3) is 0 Å². The van der Waals surface area contributed by atoms with Gasteiger partial charge in [-0.1, -0.05) is 18.2 Å². The number of carbonyl (C=O) groups is 1. The van der Waals surface area contributed by atoms with Crippen LogP contribution in [-0.2, 0) is 0 Å². The number of rotatable bonds is 4. The zero-order valence-electron chi connectivity index (χ0n) is 14.8. The molecule has 0 spiro atoms. The molecule has 2 amide bonds. The van der Waals surface area contributed by atoms with Crippen LogP contribution in [0.3, 0.4) is 0 Å². The molecule has 2 aromatic rings. The van der Waals surface area contributed by atoms with Crippen molar-refractivity contribution in [2.24, 2.45) is 0 Å². The highest BCUT2D eigenvalue weighted by atomic mass is 16.5. The molecule has 1 heterocycles. The maximum Gasteiger partial charge on any atom is 0.323 e. The molecule has 0 radical (unpaired) electrons. The Morgan fingerprint density at radius 1 is 1.08 bits per heavy atom. The Kier molecular flexibility index (Phi) is 5.56. The first-order valence-corrected chi connectivity index (χ1v) is 8.69. The quantitative estimate of drug-likeness (QED) is 0.785. The fraction of sp³-hybridized carbons (Fsp3) is 0.350. The van der Waals surface area contributed by atoms with E-state index in [2.05, 4.69) is 28.1 Å². The van der Waals surface area contributed by atoms with Crippen molar-refractivity contribution < 1.29 is 9.53 Å². The minimum Gasteiger partial charge on any atom is -0.495 e. The lowest BCUT2D eigenvalue weighted by atomic mass is 9.90. The van der Waals surface area contributed by atoms with Gasteiger partial charge in [0.2, 0.25) is 0 Å². The van der Waals surface area contributed by atoms with Gasteiger partial charge < -0.3 is 20.7 Å². The standard InChI is InChI=1S/C20H25N3O2/c1-14-3-8-19(25-2)18(13-14)23-20(24)22-17-6-4-15(5-7-17)16-9-11-21-12-10-16/h3-8,13,16,21H,9-12H2,1-2H3,(H2,22,23,24). The van der Waals surface area contributed by atoms with Gasteiger partial charge in [-0.2, -0.15) is 0 Å². The van der Waals surface area contributed by atoms with Gasteiger partial charge in [-0.3, -0.25) is 0 Å². The zero-order chi connectivity index (χ0) is 17.6. The van der Waals surface area contributed by atoms with Gasteiger partial charge in [0, 0.05) is 5.69 Å². The van der Waals surface area contributed by atoms with Crippen molar-refractivity contribution in [2.45, 2.75) is 25.7 Å². The van der Waals surface area contributed by atoms with Crippen LogP contribution in [0, 0.1) is 6.92 Å². The van der Waals surface area contributed by atoms with Crippen molar-refractivity contribution in [2.75, 3.05) is 30.8 Å². The summed E-state index contributed by atoms with van der Waals surface area (Å²) in [4.78, 5) is 12.3. The second-order valence-corrected chi connectivity index (χ2v) is 6.43. The average molecular weight is 339 g/mol. The third kappa shape index (κ3) is 4.51. The molecule has 3 rings (SSSR count). The highest BCUT2D eigenvalue weighted by Crippen LogP contribution is 2.27. The second-order valence-electron chi connectivity index (χ2n) is 6.43. The van der Waals surface area contributed by atoms with Gasteiger partial charge in [-0.25, -0.2) is 4.79 Å². The van der Waals surface area contributed by atoms with Crippen LogP contribution in [-0.4, -0.2) is 26.2 Å². The summed E-state index contributed by atoms with van der Waals surface area (Å²) in [5.74, 6) is 1.25. The molecule has 3 N–H and O–H groups in total. The molecule has 0 saturated carbocycles. The molecule has 1 aliphatic heterocycles. The third-order valence-corrected chi connectivity index (χ3v) is 4.58. The van der Waals surface area contributed by atoms with E-state index >= 15 is 0 Å². The lowest BCUT2D eigenvalue weighted by Crippen LogP contribution is -2.26. The molecule has 0 aliphatic carbocycles. The summed E-state index contributed by atoms with van der Waals surface area (Å²) in [7, 11) is 1.59. The topological polar surface area (TPSA) is 62.4 Å². The van der Waals surface area contributed by atoms with E-state index in [-0.39, 0.29) is 6.03 Å². The van der Waals surface area contributed by atoms with E-state index in [9.17, 15) is 4.79 Å². The van der Waals surface area contributed by atoms with E-state index in [0.29, 0.717) is 17.4 Å². The van der Waals surface area contributed by atoms with E-state index in [0.717, 1.165) is 24.3 Å². The van der Waals surface area contributed by atoms with Gasteiger partial charge in [-0.05, 0) is 74.2 Å². The summed E-state index contributed by atoms with van der Waals surface area (Å²) < 4.78 is 5.29. The molecule has 2 aromatic carbocycles. The SMILES string of the molecule is COc1ccc(C)cc1NC(=O)Nc1ccc(C2CCNCC2)cc1. The van der Waals surface area contributed by atoms with Crippen LogP contribution in [0.1, 0.15) is 29.9 Å². The predicted octanol–water partition coefficient (Wildman–Crippen LogP) is 4.11. The number of urea groups is 1. The molecule has 25 heavy (non-hydrogen) atoms. The Labute approximate surface area is 148 Å². The molecule has 5 heteroatoms. The molecule has 0 atom stereocenters. The summed E-state index contributed by atoms with van der Waals surface area (Å²) >= 11 is 0. The Balaban J connectivity index is 1.62. The zero-order valence-corrected chi connectivity index (χ0v) is 14.8. The molecule has 5 nitrogen and oxygen atoms in total. The molecular weight excluding hydrogens is 314 g/mol. The first-order chi connectivity index (χ1) is 12.2. The molecule has 1 fully saturated rings. The van der Waals surface area contributed by atoms with Crippen LogP contribution < -0.4 is 20.7 Å². The molecule has 0 aromatic heterocycles. The third-order valence-electron chi connectivity index (χ3n) is 4.58. The van der Waals surface area contributed by atoms with E-state index < -0.39 is 0 Å². The number of nitrogens with one attached hydrogen (secondary N) is 3. The number of hydrogen-bond acceptors (Lipinski definition) is 3. The number of hydrogen-bond donors (Lipinski definition) is 3. The smallest absolute Gasteiger partial charge is 0.323 e. The van der Waals surface area contributed by atoms with Crippen LogP contribution in [0.2, 0.25) is 0 Å². The lowest BCUT2D eigenvalue weighted by Gasteiger charge is -2.23. The molecule has 132 valence electrons. The van der Waals surface area contributed by atoms with Crippen molar-refractivity contribution >= 4 is 17.4 Å². The summed E-state index contributed by atoms with van der Waals surface area (Å²) in [5.41, 5.74) is 3.84. The number of anilines is 2. The van der Waals surface area contributed by atoms with E-state index in [1.165, 1.54) is 18.4 Å². The van der Waals surface area contributed by atoms with E-state index in [4.69, 9.17) is 4.74 Å². The molecular formula is C20H25N3O2. The van der Waals surface area contributed by atoms with Crippen LogP contribution in [0.25, 0.3) is 0 Å². The van der Waals surface area contributed by atoms with Crippen LogP contribution in [0.5, 0.6) is 5.75 Å². The summed E-state index contributed by atoms with van der Waals surface area (Å²) in [6, 6.07) is 13.5. The highest BCUT2D eigenvalue weighted by Gasteiger charge is 2.15. The lowest BCUT2D eigenvalue weighted by molar-refractivity contribution is 0.262. The monoisotopic (exact) mass is 339 g/mol. The summed E-state index contributed by atoms with van der Waals surface area (Å²) in [6.07, 6.45) is 2.33. The maximum absolute atomic E-state index is 12.3. The van der Waals surface area contributed by atoms with Crippen LogP contribution >= 0.6 is 0 Å². The van der Waals surface area contributed by atoms with Crippen molar-refractivity contribution in [3.63, 3.8) is 0 Å². The van der Waals surface area contributed by atoms with Crippen molar-refractivity contribution in [3.05, 3.63) is 53.6 Å². The van der Waals surface area contributed by atoms with E-state index in [1.807, 2.05) is 37.3 Å². The first-order valence-electron chi connectivity index (χ1n) is 8.69. The average Bonchev–Trinajstić information content (AvgIpc) is 2.63. The van der Waals surface area contributed by atoms with Crippen LogP contribution in [0.4, 0.5) is 16.2 Å². The number of amides is 2. The van der Waals surface area contributed by atoms with Crippen molar-refractivity contribution in [1.82, 2.24) is 5.32 Å². The Hall–Kier alpha value is -2.53. The maximum atomic E-state index is 12.3. The predicted molar refractivity (Wildman–Crippen MR) is 102 cm³/mol. The Morgan fingerprint density at radius 2 is 1.80 bits per heavy atom. The van der Waals surface area contributed by atoms with E-state index in [1.54, 1.807) is 7.11 Å². The number of carbonyl (C=O) groups excluding carboxylic acids is 1. The minimum absolute atomic E-state index is 0.279. The first kappa shape index (κ1) is 17.3. The van der Waals surface area contributed by atoms with Gasteiger partial charge in [-0.15, -0.1) is 0 Å². The number of ether oxygens (including phenoxy) is 1. The fourth-order valence-corrected chi connectivity index (χ4v) is 3.20.